The third-order valence-corrected chi connectivity index (χ3v) is 7.23. The Balaban J connectivity index is 1.69. The molecule has 0 atom stereocenters. The fraction of sp³-hybridized carbons (Fsp3) is 0.579. The smallest absolute Gasteiger partial charge is 0.253 e. The quantitative estimate of drug-likeness (QED) is 0.781. The highest BCUT2D eigenvalue weighted by molar-refractivity contribution is 7.89. The summed E-state index contributed by atoms with van der Waals surface area (Å²) in [7, 11) is -3.61. The first-order valence-electron chi connectivity index (χ1n) is 9.54. The number of piperazine rings is 1. The minimum absolute atomic E-state index is 0.0316. The second-order valence-electron chi connectivity index (χ2n) is 7.14. The van der Waals surface area contributed by atoms with Crippen LogP contribution in [0.15, 0.2) is 29.2 Å². The summed E-state index contributed by atoms with van der Waals surface area (Å²) in [5.74, 6) is -0.0700. The van der Waals surface area contributed by atoms with Crippen molar-refractivity contribution in [3.05, 3.63) is 29.8 Å². The van der Waals surface area contributed by atoms with Crippen molar-refractivity contribution in [3.8, 4) is 0 Å². The number of likely N-dealkylation sites (tertiary alicyclic amines) is 1. The molecule has 1 aromatic carbocycles. The van der Waals surface area contributed by atoms with Crippen molar-refractivity contribution in [2.24, 2.45) is 0 Å². The van der Waals surface area contributed by atoms with E-state index in [0.29, 0.717) is 18.7 Å². The number of rotatable bonds is 3. The van der Waals surface area contributed by atoms with Crippen molar-refractivity contribution in [2.75, 3.05) is 39.3 Å². The maximum atomic E-state index is 12.8. The third-order valence-electron chi connectivity index (χ3n) is 5.32. The number of carbonyl (C=O) groups is 2. The average molecular weight is 394 g/mol. The highest BCUT2D eigenvalue weighted by Gasteiger charge is 2.29. The van der Waals surface area contributed by atoms with Gasteiger partial charge in [-0.15, -0.1) is 0 Å². The van der Waals surface area contributed by atoms with E-state index in [9.17, 15) is 18.0 Å². The fourth-order valence-electron chi connectivity index (χ4n) is 3.62. The van der Waals surface area contributed by atoms with Crippen LogP contribution < -0.4 is 0 Å². The molecule has 0 saturated carbocycles. The predicted octanol–water partition coefficient (Wildman–Crippen LogP) is 1.56. The highest BCUT2D eigenvalue weighted by Crippen LogP contribution is 2.20. The molecule has 27 heavy (non-hydrogen) atoms. The van der Waals surface area contributed by atoms with Gasteiger partial charge in [-0.3, -0.25) is 9.59 Å². The first kappa shape index (κ1) is 19.8. The van der Waals surface area contributed by atoms with E-state index in [4.69, 9.17) is 0 Å². The standard InChI is InChI=1S/C19H27N3O4S/c1-16(23)20-12-14-22(15-13-20)27(25,26)18-8-6-17(7-9-18)19(24)21-10-4-2-3-5-11-21/h6-9H,2-5,10-15H2,1H3. The van der Waals surface area contributed by atoms with Crippen molar-refractivity contribution in [1.82, 2.24) is 14.1 Å². The fourth-order valence-corrected chi connectivity index (χ4v) is 5.04. The van der Waals surface area contributed by atoms with Gasteiger partial charge in [-0.05, 0) is 37.1 Å². The van der Waals surface area contributed by atoms with E-state index >= 15 is 0 Å². The summed E-state index contributed by atoms with van der Waals surface area (Å²) in [4.78, 5) is 27.7. The molecule has 8 heteroatoms. The van der Waals surface area contributed by atoms with Crippen molar-refractivity contribution in [3.63, 3.8) is 0 Å². The van der Waals surface area contributed by atoms with Gasteiger partial charge in [-0.2, -0.15) is 4.31 Å². The molecule has 7 nitrogen and oxygen atoms in total. The molecule has 0 aromatic heterocycles. The second-order valence-corrected chi connectivity index (χ2v) is 9.08. The molecule has 3 rings (SSSR count). The molecule has 2 saturated heterocycles. The summed E-state index contributed by atoms with van der Waals surface area (Å²) >= 11 is 0. The molecular weight excluding hydrogens is 366 g/mol. The van der Waals surface area contributed by atoms with Crippen LogP contribution in [0.5, 0.6) is 0 Å². The summed E-state index contributed by atoms with van der Waals surface area (Å²) in [5, 5.41) is 0. The number of hydrogen-bond donors (Lipinski definition) is 0. The lowest BCUT2D eigenvalue weighted by atomic mass is 10.2. The summed E-state index contributed by atoms with van der Waals surface area (Å²) in [6, 6.07) is 6.23. The Morgan fingerprint density at radius 1 is 0.778 bits per heavy atom. The molecule has 0 radical (unpaired) electrons. The predicted molar refractivity (Wildman–Crippen MR) is 102 cm³/mol. The van der Waals surface area contributed by atoms with E-state index in [1.165, 1.54) is 23.4 Å². The van der Waals surface area contributed by atoms with Gasteiger partial charge in [0, 0.05) is 51.8 Å². The molecular formula is C19H27N3O4S. The van der Waals surface area contributed by atoms with Gasteiger partial charge >= 0.3 is 0 Å². The highest BCUT2D eigenvalue weighted by atomic mass is 32.2. The number of amides is 2. The number of sulfonamides is 1. The summed E-state index contributed by atoms with van der Waals surface area (Å²) in [6.45, 7) is 4.40. The lowest BCUT2D eigenvalue weighted by Crippen LogP contribution is -2.49. The number of benzene rings is 1. The monoisotopic (exact) mass is 393 g/mol. The first-order chi connectivity index (χ1) is 12.9. The zero-order valence-electron chi connectivity index (χ0n) is 15.8. The van der Waals surface area contributed by atoms with E-state index in [2.05, 4.69) is 0 Å². The number of nitrogens with zero attached hydrogens (tertiary/aromatic N) is 3. The van der Waals surface area contributed by atoms with Crippen molar-refractivity contribution < 1.29 is 18.0 Å². The van der Waals surface area contributed by atoms with Gasteiger partial charge in [0.15, 0.2) is 0 Å². The van der Waals surface area contributed by atoms with Gasteiger partial charge in [-0.25, -0.2) is 8.42 Å². The maximum Gasteiger partial charge on any atom is 0.253 e. The normalized spacial score (nSPS) is 19.6. The van der Waals surface area contributed by atoms with E-state index in [0.717, 1.165) is 38.8 Å². The van der Waals surface area contributed by atoms with Gasteiger partial charge in [0.05, 0.1) is 4.90 Å². The molecule has 2 heterocycles. The van der Waals surface area contributed by atoms with Crippen LogP contribution in [-0.2, 0) is 14.8 Å². The second kappa shape index (κ2) is 8.39. The van der Waals surface area contributed by atoms with Gasteiger partial charge in [0.25, 0.3) is 5.91 Å². The van der Waals surface area contributed by atoms with Gasteiger partial charge in [0.1, 0.15) is 0 Å². The lowest BCUT2D eigenvalue weighted by Gasteiger charge is -2.33. The summed E-state index contributed by atoms with van der Waals surface area (Å²) in [6.07, 6.45) is 4.34. The summed E-state index contributed by atoms with van der Waals surface area (Å²) < 4.78 is 27.0. The topological polar surface area (TPSA) is 78.0 Å². The molecule has 2 fully saturated rings. The average Bonchev–Trinajstić information content (AvgIpc) is 2.97. The zero-order chi connectivity index (χ0) is 19.4. The van der Waals surface area contributed by atoms with E-state index < -0.39 is 10.0 Å². The molecule has 0 aliphatic carbocycles. The van der Waals surface area contributed by atoms with Crippen LogP contribution in [0.1, 0.15) is 43.0 Å². The van der Waals surface area contributed by atoms with Crippen LogP contribution in [0.4, 0.5) is 0 Å². The van der Waals surface area contributed by atoms with Crippen LogP contribution in [0, 0.1) is 0 Å². The van der Waals surface area contributed by atoms with E-state index in [-0.39, 0.29) is 29.8 Å². The maximum absolute atomic E-state index is 12.8. The molecule has 0 bridgehead atoms. The molecule has 0 unspecified atom stereocenters. The Morgan fingerprint density at radius 2 is 1.33 bits per heavy atom. The molecule has 2 aliphatic heterocycles. The van der Waals surface area contributed by atoms with Gasteiger partial charge in [0.2, 0.25) is 15.9 Å². The molecule has 0 N–H and O–H groups in total. The number of hydrogen-bond acceptors (Lipinski definition) is 4. The Morgan fingerprint density at radius 3 is 1.85 bits per heavy atom. The van der Waals surface area contributed by atoms with Crippen LogP contribution >= 0.6 is 0 Å². The minimum atomic E-state index is -3.61. The third kappa shape index (κ3) is 4.50. The largest absolute Gasteiger partial charge is 0.340 e. The van der Waals surface area contributed by atoms with Crippen molar-refractivity contribution >= 4 is 21.8 Å². The van der Waals surface area contributed by atoms with Crippen molar-refractivity contribution in [2.45, 2.75) is 37.5 Å². The SMILES string of the molecule is CC(=O)N1CCN(S(=O)(=O)c2ccc(C(=O)N3CCCCCC3)cc2)CC1. The van der Waals surface area contributed by atoms with Gasteiger partial charge < -0.3 is 9.80 Å². The van der Waals surface area contributed by atoms with Crippen LogP contribution in [0.3, 0.4) is 0 Å². The Labute approximate surface area is 161 Å². The number of carbonyl (C=O) groups excluding carboxylic acids is 2. The van der Waals surface area contributed by atoms with Crippen LogP contribution in [0.2, 0.25) is 0 Å². The minimum Gasteiger partial charge on any atom is -0.340 e. The molecule has 0 spiro atoms. The Bertz CT molecular complexity index is 776. The first-order valence-corrected chi connectivity index (χ1v) is 11.0. The Kier molecular flexibility index (Phi) is 6.16. The van der Waals surface area contributed by atoms with Crippen molar-refractivity contribution in [1.29, 1.82) is 0 Å². The van der Waals surface area contributed by atoms with Crippen LogP contribution in [-0.4, -0.2) is 73.6 Å². The zero-order valence-corrected chi connectivity index (χ0v) is 16.6. The molecule has 148 valence electrons. The molecule has 2 amide bonds. The van der Waals surface area contributed by atoms with Gasteiger partial charge in [-0.1, -0.05) is 12.8 Å². The molecule has 1 aromatic rings. The summed E-state index contributed by atoms with van der Waals surface area (Å²) in [5.41, 5.74) is 0.525. The Hall–Kier alpha value is -1.93. The van der Waals surface area contributed by atoms with Crippen LogP contribution in [0.25, 0.3) is 0 Å². The lowest BCUT2D eigenvalue weighted by molar-refractivity contribution is -0.129. The molecule has 2 aliphatic rings. The van der Waals surface area contributed by atoms with E-state index in [1.54, 1.807) is 17.0 Å². The van der Waals surface area contributed by atoms with E-state index in [1.807, 2.05) is 4.90 Å².